The number of carbonyl (C=O) groups excluding carboxylic acids is 3. The Morgan fingerprint density at radius 3 is 1.96 bits per heavy atom. The minimum atomic E-state index is -0.680. The van der Waals surface area contributed by atoms with Gasteiger partial charge in [-0.15, -0.1) is 0 Å². The number of hydrogen-bond donors (Lipinski definition) is 1. The van der Waals surface area contributed by atoms with Gasteiger partial charge in [0.1, 0.15) is 18.0 Å². The van der Waals surface area contributed by atoms with E-state index in [1.165, 1.54) is 12.1 Å². The largest absolute Gasteiger partial charge is 0.492 e. The smallest absolute Gasteiger partial charge is 0.407 e. The highest BCUT2D eigenvalue weighted by Crippen LogP contribution is 2.16. The molecule has 0 atom stereocenters. The van der Waals surface area contributed by atoms with Crippen molar-refractivity contribution in [2.24, 2.45) is 0 Å². The standard InChI is InChI=1S/C18H26N2O7/c1-6-24-15(21)13-10-12(11-14(20-13)16(22)25-7-2)26-9-8-19-17(23)27-18(3,4)5/h10-11H,6-9H2,1-5H3,(H,19,23). The Bertz CT molecular complexity index is 632. The highest BCUT2D eigenvalue weighted by atomic mass is 16.6. The van der Waals surface area contributed by atoms with E-state index in [0.29, 0.717) is 0 Å². The number of hydrogen-bond acceptors (Lipinski definition) is 8. The van der Waals surface area contributed by atoms with Gasteiger partial charge < -0.3 is 24.3 Å². The number of aromatic nitrogens is 1. The number of carbonyl (C=O) groups is 3. The predicted molar refractivity (Wildman–Crippen MR) is 95.9 cm³/mol. The normalized spacial score (nSPS) is 10.7. The molecule has 0 aliphatic carbocycles. The van der Waals surface area contributed by atoms with Crippen molar-refractivity contribution in [2.75, 3.05) is 26.4 Å². The van der Waals surface area contributed by atoms with E-state index in [1.807, 2.05) is 0 Å². The van der Waals surface area contributed by atoms with E-state index < -0.39 is 23.6 Å². The number of pyridine rings is 1. The second-order valence-corrected chi connectivity index (χ2v) is 6.29. The van der Waals surface area contributed by atoms with Crippen LogP contribution in [0.3, 0.4) is 0 Å². The third-order valence-corrected chi connectivity index (χ3v) is 2.81. The van der Waals surface area contributed by atoms with Gasteiger partial charge in [0.2, 0.25) is 0 Å². The van der Waals surface area contributed by atoms with E-state index in [4.69, 9.17) is 18.9 Å². The first-order chi connectivity index (χ1) is 12.7. The molecule has 0 saturated carbocycles. The Morgan fingerprint density at radius 2 is 1.52 bits per heavy atom. The number of nitrogens with zero attached hydrogens (tertiary/aromatic N) is 1. The maximum Gasteiger partial charge on any atom is 0.407 e. The predicted octanol–water partition coefficient (Wildman–Crippen LogP) is 2.34. The lowest BCUT2D eigenvalue weighted by atomic mass is 10.2. The van der Waals surface area contributed by atoms with Crippen molar-refractivity contribution in [3.05, 3.63) is 23.5 Å². The zero-order chi connectivity index (χ0) is 20.4. The average molecular weight is 382 g/mol. The van der Waals surface area contributed by atoms with E-state index in [1.54, 1.807) is 34.6 Å². The van der Waals surface area contributed by atoms with Gasteiger partial charge in [0.25, 0.3) is 0 Å². The van der Waals surface area contributed by atoms with Crippen molar-refractivity contribution >= 4 is 18.0 Å². The van der Waals surface area contributed by atoms with E-state index in [2.05, 4.69) is 10.3 Å². The van der Waals surface area contributed by atoms with E-state index >= 15 is 0 Å². The van der Waals surface area contributed by atoms with Gasteiger partial charge in [0.05, 0.1) is 19.8 Å². The topological polar surface area (TPSA) is 113 Å². The third-order valence-electron chi connectivity index (χ3n) is 2.81. The van der Waals surface area contributed by atoms with Crippen molar-refractivity contribution < 1.29 is 33.3 Å². The molecule has 0 radical (unpaired) electrons. The number of alkyl carbamates (subject to hydrolysis) is 1. The minimum absolute atomic E-state index is 0.0718. The van der Waals surface area contributed by atoms with Crippen LogP contribution >= 0.6 is 0 Å². The SMILES string of the molecule is CCOC(=O)c1cc(OCCNC(=O)OC(C)(C)C)cc(C(=O)OCC)n1. The Kier molecular flexibility index (Phi) is 8.50. The number of esters is 2. The zero-order valence-corrected chi connectivity index (χ0v) is 16.3. The summed E-state index contributed by atoms with van der Waals surface area (Å²) in [5.74, 6) is -1.14. The molecule has 1 aromatic rings. The van der Waals surface area contributed by atoms with Crippen LogP contribution in [0.15, 0.2) is 12.1 Å². The second-order valence-electron chi connectivity index (χ2n) is 6.29. The lowest BCUT2D eigenvalue weighted by molar-refractivity contribution is 0.0503. The van der Waals surface area contributed by atoms with E-state index in [-0.39, 0.29) is 43.5 Å². The molecular formula is C18H26N2O7. The van der Waals surface area contributed by atoms with Crippen LogP contribution in [0.5, 0.6) is 5.75 Å². The first kappa shape index (κ1) is 22.2. The molecule has 0 unspecified atom stereocenters. The van der Waals surface area contributed by atoms with Gasteiger partial charge in [-0.3, -0.25) is 0 Å². The summed E-state index contributed by atoms with van der Waals surface area (Å²) in [4.78, 5) is 39.4. The highest BCUT2D eigenvalue weighted by Gasteiger charge is 2.18. The van der Waals surface area contributed by atoms with Crippen molar-refractivity contribution in [3.8, 4) is 5.75 Å². The molecule has 0 saturated heterocycles. The fraction of sp³-hybridized carbons (Fsp3) is 0.556. The van der Waals surface area contributed by atoms with Crippen LogP contribution in [0.2, 0.25) is 0 Å². The molecular weight excluding hydrogens is 356 g/mol. The average Bonchev–Trinajstić information content (AvgIpc) is 2.57. The second kappa shape index (κ2) is 10.3. The number of rotatable bonds is 8. The van der Waals surface area contributed by atoms with Gasteiger partial charge in [-0.05, 0) is 34.6 Å². The maximum absolute atomic E-state index is 11.9. The molecule has 27 heavy (non-hydrogen) atoms. The molecule has 1 N–H and O–H groups in total. The van der Waals surface area contributed by atoms with Gasteiger partial charge in [0.15, 0.2) is 11.4 Å². The quantitative estimate of drug-likeness (QED) is 0.414. The van der Waals surface area contributed by atoms with Crippen molar-refractivity contribution in [1.82, 2.24) is 10.3 Å². The van der Waals surface area contributed by atoms with Crippen LogP contribution in [-0.2, 0) is 14.2 Å². The summed E-state index contributed by atoms with van der Waals surface area (Å²) in [5.41, 5.74) is -0.742. The zero-order valence-electron chi connectivity index (χ0n) is 16.3. The first-order valence-electron chi connectivity index (χ1n) is 8.62. The molecule has 1 aromatic heterocycles. The molecule has 9 heteroatoms. The molecule has 150 valence electrons. The minimum Gasteiger partial charge on any atom is -0.492 e. The van der Waals surface area contributed by atoms with E-state index in [9.17, 15) is 14.4 Å². The summed E-state index contributed by atoms with van der Waals surface area (Å²) < 4.78 is 20.4. The highest BCUT2D eigenvalue weighted by molar-refractivity contribution is 5.92. The lowest BCUT2D eigenvalue weighted by Crippen LogP contribution is -2.34. The monoisotopic (exact) mass is 382 g/mol. The molecule has 0 fully saturated rings. The first-order valence-corrected chi connectivity index (χ1v) is 8.62. The summed E-state index contributed by atoms with van der Waals surface area (Å²) in [5, 5.41) is 2.54. The maximum atomic E-state index is 11.9. The summed E-state index contributed by atoms with van der Waals surface area (Å²) in [6, 6.07) is 2.71. The van der Waals surface area contributed by atoms with Crippen molar-refractivity contribution in [3.63, 3.8) is 0 Å². The molecule has 0 spiro atoms. The van der Waals surface area contributed by atoms with Gasteiger partial charge in [-0.1, -0.05) is 0 Å². The number of amides is 1. The van der Waals surface area contributed by atoms with Crippen molar-refractivity contribution in [2.45, 2.75) is 40.2 Å². The van der Waals surface area contributed by atoms with Crippen LogP contribution in [0.1, 0.15) is 55.6 Å². The molecule has 0 bridgehead atoms. The molecule has 1 amide bonds. The number of ether oxygens (including phenoxy) is 4. The Morgan fingerprint density at radius 1 is 1.00 bits per heavy atom. The summed E-state index contributed by atoms with van der Waals surface area (Å²) in [7, 11) is 0. The fourth-order valence-corrected chi connectivity index (χ4v) is 1.84. The third kappa shape index (κ3) is 8.39. The Hall–Kier alpha value is -2.84. The summed E-state index contributed by atoms with van der Waals surface area (Å²) in [6.45, 7) is 9.18. The summed E-state index contributed by atoms with van der Waals surface area (Å²) in [6.07, 6.45) is -0.569. The van der Waals surface area contributed by atoms with Gasteiger partial charge in [-0.25, -0.2) is 19.4 Å². The van der Waals surface area contributed by atoms with Crippen LogP contribution in [0.4, 0.5) is 4.79 Å². The molecule has 0 aliphatic heterocycles. The summed E-state index contributed by atoms with van der Waals surface area (Å²) >= 11 is 0. The molecule has 1 heterocycles. The molecule has 0 aliphatic rings. The van der Waals surface area contributed by atoms with Gasteiger partial charge in [-0.2, -0.15) is 0 Å². The van der Waals surface area contributed by atoms with Crippen LogP contribution < -0.4 is 10.1 Å². The fourth-order valence-electron chi connectivity index (χ4n) is 1.84. The van der Waals surface area contributed by atoms with Gasteiger partial charge >= 0.3 is 18.0 Å². The van der Waals surface area contributed by atoms with Gasteiger partial charge in [0, 0.05) is 12.1 Å². The molecule has 0 aromatic carbocycles. The molecule has 9 nitrogen and oxygen atoms in total. The van der Waals surface area contributed by atoms with Crippen LogP contribution in [-0.4, -0.2) is 55.0 Å². The van der Waals surface area contributed by atoms with E-state index in [0.717, 1.165) is 0 Å². The molecule has 1 rings (SSSR count). The Balaban J connectivity index is 2.76. The lowest BCUT2D eigenvalue weighted by Gasteiger charge is -2.19. The van der Waals surface area contributed by atoms with Crippen LogP contribution in [0.25, 0.3) is 0 Å². The van der Waals surface area contributed by atoms with Crippen molar-refractivity contribution in [1.29, 1.82) is 0 Å². The Labute approximate surface area is 158 Å². The van der Waals surface area contributed by atoms with Crippen LogP contribution in [0, 0.1) is 0 Å². The number of nitrogens with one attached hydrogen (secondary N) is 1.